The number of piperidine rings is 1. The average molecular weight is 488 g/mol. The van der Waals surface area contributed by atoms with Gasteiger partial charge in [0.25, 0.3) is 5.91 Å². The van der Waals surface area contributed by atoms with Gasteiger partial charge in [0.15, 0.2) is 0 Å². The van der Waals surface area contributed by atoms with Gasteiger partial charge in [-0.15, -0.1) is 0 Å². The van der Waals surface area contributed by atoms with Crippen LogP contribution in [0.5, 0.6) is 5.75 Å². The van der Waals surface area contributed by atoms with Crippen molar-refractivity contribution in [3.8, 4) is 5.75 Å². The predicted octanol–water partition coefficient (Wildman–Crippen LogP) is 3.64. The first-order valence-corrected chi connectivity index (χ1v) is 13.0. The second kappa shape index (κ2) is 9.71. The molecule has 36 heavy (non-hydrogen) atoms. The van der Waals surface area contributed by atoms with Crippen LogP contribution in [0, 0.1) is 0 Å². The van der Waals surface area contributed by atoms with Crippen LogP contribution in [0.25, 0.3) is 0 Å². The highest BCUT2D eigenvalue weighted by Gasteiger charge is 2.41. The highest BCUT2D eigenvalue weighted by atomic mass is 16.5. The second-order valence-electron chi connectivity index (χ2n) is 10.4. The van der Waals surface area contributed by atoms with E-state index in [1.54, 1.807) is 4.90 Å². The number of ether oxygens (including phenoxy) is 2. The monoisotopic (exact) mass is 487 g/mol. The van der Waals surface area contributed by atoms with Gasteiger partial charge in [-0.25, -0.2) is 0 Å². The second-order valence-corrected chi connectivity index (χ2v) is 10.4. The van der Waals surface area contributed by atoms with E-state index in [0.29, 0.717) is 37.6 Å². The highest BCUT2D eigenvalue weighted by Crippen LogP contribution is 2.35. The summed E-state index contributed by atoms with van der Waals surface area (Å²) >= 11 is 0. The van der Waals surface area contributed by atoms with E-state index in [0.717, 1.165) is 49.4 Å². The van der Waals surface area contributed by atoms with Crippen molar-refractivity contribution in [2.45, 2.75) is 69.5 Å². The van der Waals surface area contributed by atoms with Gasteiger partial charge in [0.1, 0.15) is 17.9 Å². The molecule has 7 heteroatoms. The maximum Gasteiger partial charge on any atom is 0.255 e. The molecule has 188 valence electrons. The highest BCUT2D eigenvalue weighted by molar-refractivity contribution is 6.01. The molecule has 2 aromatic rings. The van der Waals surface area contributed by atoms with Crippen LogP contribution in [0.15, 0.2) is 60.8 Å². The molecule has 0 aromatic heterocycles. The number of rotatable bonds is 7. The summed E-state index contributed by atoms with van der Waals surface area (Å²) in [6, 6.07) is 16.0. The van der Waals surface area contributed by atoms with Crippen LogP contribution in [0.3, 0.4) is 0 Å². The van der Waals surface area contributed by atoms with E-state index in [-0.39, 0.29) is 24.0 Å². The zero-order valence-electron chi connectivity index (χ0n) is 20.5. The Morgan fingerprint density at radius 3 is 2.67 bits per heavy atom. The summed E-state index contributed by atoms with van der Waals surface area (Å²) < 4.78 is 12.6. The topological polar surface area (TPSA) is 71.1 Å². The van der Waals surface area contributed by atoms with Crippen LogP contribution >= 0.6 is 0 Å². The number of likely N-dealkylation sites (tertiary alicyclic amines) is 1. The lowest BCUT2D eigenvalue weighted by Gasteiger charge is -2.44. The minimum absolute atomic E-state index is 0.0786. The minimum Gasteiger partial charge on any atom is -0.489 e. The summed E-state index contributed by atoms with van der Waals surface area (Å²) in [6.45, 7) is 6.83. The molecule has 7 nitrogen and oxygen atoms in total. The van der Waals surface area contributed by atoms with Gasteiger partial charge in [0, 0.05) is 36.9 Å². The largest absolute Gasteiger partial charge is 0.489 e. The number of nitrogens with zero attached hydrogens (tertiary/aromatic N) is 2. The molecule has 0 radical (unpaired) electrons. The summed E-state index contributed by atoms with van der Waals surface area (Å²) in [7, 11) is 0. The van der Waals surface area contributed by atoms with E-state index in [2.05, 4.69) is 28.9 Å². The summed E-state index contributed by atoms with van der Waals surface area (Å²) in [5.74, 6) is 0.586. The number of amides is 2. The van der Waals surface area contributed by atoms with Crippen LogP contribution in [0.2, 0.25) is 0 Å². The fraction of sp³-hybridized carbons (Fsp3) is 0.448. The molecule has 1 aliphatic carbocycles. The third-order valence-corrected chi connectivity index (χ3v) is 7.99. The summed E-state index contributed by atoms with van der Waals surface area (Å²) in [6.07, 6.45) is 5.05. The first-order chi connectivity index (χ1) is 17.5. The number of hydrogen-bond donors (Lipinski definition) is 1. The maximum atomic E-state index is 13.0. The molecule has 1 N–H and O–H groups in total. The lowest BCUT2D eigenvalue weighted by Crippen LogP contribution is -2.58. The summed E-state index contributed by atoms with van der Waals surface area (Å²) in [5.41, 5.74) is 3.53. The third-order valence-electron chi connectivity index (χ3n) is 7.99. The molecule has 3 heterocycles. The number of hydrogen-bond acceptors (Lipinski definition) is 5. The fourth-order valence-corrected chi connectivity index (χ4v) is 5.97. The number of carbonyl (C=O) groups is 2. The Bertz CT molecular complexity index is 1160. The van der Waals surface area contributed by atoms with Crippen LogP contribution in [-0.2, 0) is 22.7 Å². The Labute approximate surface area is 212 Å². The molecule has 1 saturated carbocycles. The molecule has 0 spiro atoms. The first kappa shape index (κ1) is 23.3. The van der Waals surface area contributed by atoms with E-state index in [1.165, 1.54) is 5.56 Å². The lowest BCUT2D eigenvalue weighted by molar-refractivity contribution is -0.126. The molecule has 3 atom stereocenters. The zero-order valence-corrected chi connectivity index (χ0v) is 20.5. The normalized spacial score (nSPS) is 26.6. The molecular weight excluding hydrogens is 454 g/mol. The Morgan fingerprint density at radius 1 is 1.03 bits per heavy atom. The van der Waals surface area contributed by atoms with Crippen LogP contribution in [0.4, 0.5) is 0 Å². The predicted molar refractivity (Wildman–Crippen MR) is 135 cm³/mol. The van der Waals surface area contributed by atoms with Gasteiger partial charge < -0.3 is 19.7 Å². The van der Waals surface area contributed by atoms with Crippen molar-refractivity contribution in [1.82, 2.24) is 15.1 Å². The quantitative estimate of drug-likeness (QED) is 0.646. The number of benzene rings is 2. The van der Waals surface area contributed by atoms with Gasteiger partial charge in [-0.1, -0.05) is 36.9 Å². The first-order valence-electron chi connectivity index (χ1n) is 13.0. The van der Waals surface area contributed by atoms with Crippen LogP contribution in [0.1, 0.15) is 53.6 Å². The zero-order chi connectivity index (χ0) is 24.6. The van der Waals surface area contributed by atoms with Crippen molar-refractivity contribution in [3.63, 3.8) is 0 Å². The van der Waals surface area contributed by atoms with E-state index in [9.17, 15) is 9.59 Å². The van der Waals surface area contributed by atoms with Gasteiger partial charge in [-0.05, 0) is 61.4 Å². The molecule has 3 fully saturated rings. The smallest absolute Gasteiger partial charge is 0.255 e. The van der Waals surface area contributed by atoms with Gasteiger partial charge >= 0.3 is 0 Å². The van der Waals surface area contributed by atoms with Crippen LogP contribution in [-0.4, -0.2) is 59.0 Å². The Hall–Kier alpha value is -3.16. The molecule has 3 aliphatic heterocycles. The molecule has 2 saturated heterocycles. The van der Waals surface area contributed by atoms with E-state index in [1.807, 2.05) is 36.4 Å². The Balaban J connectivity index is 1.05. The van der Waals surface area contributed by atoms with Gasteiger partial charge in [0.05, 0.1) is 12.7 Å². The number of carbonyl (C=O) groups excluding carboxylic acids is 2. The lowest BCUT2D eigenvalue weighted by atomic mass is 10.0. The van der Waals surface area contributed by atoms with Crippen molar-refractivity contribution in [2.24, 2.45) is 0 Å². The third kappa shape index (κ3) is 4.53. The molecule has 6 rings (SSSR count). The van der Waals surface area contributed by atoms with Crippen molar-refractivity contribution >= 4 is 11.8 Å². The van der Waals surface area contributed by atoms with Gasteiger partial charge in [0.2, 0.25) is 5.91 Å². The molecule has 2 aromatic carbocycles. The Morgan fingerprint density at radius 2 is 1.86 bits per heavy atom. The van der Waals surface area contributed by atoms with E-state index >= 15 is 0 Å². The fourth-order valence-electron chi connectivity index (χ4n) is 5.97. The molecule has 1 unspecified atom stereocenters. The van der Waals surface area contributed by atoms with Crippen molar-refractivity contribution in [3.05, 3.63) is 77.5 Å². The maximum absolute atomic E-state index is 13.0. The summed E-state index contributed by atoms with van der Waals surface area (Å²) in [4.78, 5) is 29.6. The van der Waals surface area contributed by atoms with Crippen molar-refractivity contribution in [2.75, 3.05) is 13.1 Å². The molecular formula is C29H33N3O4. The minimum atomic E-state index is -0.442. The average Bonchev–Trinajstić information content (AvgIpc) is 3.43. The number of nitrogens with one attached hydrogen (secondary N) is 1. The molecule has 0 bridgehead atoms. The number of allylic oxidation sites excluding steroid dienone is 1. The van der Waals surface area contributed by atoms with Crippen molar-refractivity contribution < 1.29 is 19.1 Å². The van der Waals surface area contributed by atoms with Crippen LogP contribution < -0.4 is 10.1 Å². The van der Waals surface area contributed by atoms with E-state index in [4.69, 9.17) is 9.47 Å². The Kier molecular flexibility index (Phi) is 6.27. The van der Waals surface area contributed by atoms with Gasteiger partial charge in [-0.2, -0.15) is 0 Å². The van der Waals surface area contributed by atoms with Gasteiger partial charge in [-0.3, -0.25) is 14.5 Å². The standard InChI is InChI=1S/C29H33N3O4/c1-19-10-13-26(28(33)30-19)32-15-21-14-22(11-12-24(21)29(32)34)36-27-9-5-8-25(27)31-16-23(17-31)35-18-20-6-3-2-4-7-20/h2-4,6-7,11-12,14,23,25-27H,1,5,8-10,13,15-18H2,(H,30,33)/t25-,26?,27+/m1/s1. The molecule has 4 aliphatic rings. The SMILES string of the molecule is C=C1CCC(N2Cc3cc(O[C@H]4CCC[C@H]4N4CC(OCc5ccccc5)C4)ccc3C2=O)C(=O)N1. The van der Waals surface area contributed by atoms with Crippen molar-refractivity contribution in [1.29, 1.82) is 0 Å². The molecule has 2 amide bonds. The van der Waals surface area contributed by atoms with E-state index < -0.39 is 6.04 Å². The summed E-state index contributed by atoms with van der Waals surface area (Å²) in [5, 5.41) is 2.79. The number of fused-ring (bicyclic) bond motifs is 1.